The third-order valence-electron chi connectivity index (χ3n) is 9.47. The SMILES string of the molecule is CC1(CO)C(OC(=O)Nc2cccc(C(F)(F)F)c2)CCC2(C)C(CC(=O)N3CCCCC3)C(O)CCC12. The zero-order valence-corrected chi connectivity index (χ0v) is 22.1. The molecule has 6 atom stereocenters. The van der Waals surface area contributed by atoms with Crippen molar-refractivity contribution in [1.82, 2.24) is 4.90 Å². The van der Waals surface area contributed by atoms with Crippen LogP contribution in [0.3, 0.4) is 0 Å². The number of nitrogens with one attached hydrogen (secondary N) is 1. The molecule has 1 aromatic rings. The molecule has 3 aliphatic rings. The number of piperidine rings is 1. The number of rotatable bonds is 5. The molecular formula is C28H39F3N2O5. The molecule has 0 aromatic heterocycles. The molecule has 1 aliphatic heterocycles. The van der Waals surface area contributed by atoms with Crippen molar-refractivity contribution in [2.75, 3.05) is 25.0 Å². The number of halogens is 3. The molecule has 1 aromatic carbocycles. The number of nitrogens with zero attached hydrogens (tertiary/aromatic N) is 1. The quantitative estimate of drug-likeness (QED) is 0.476. The lowest BCUT2D eigenvalue weighted by atomic mass is 9.46. The Kier molecular flexibility index (Phi) is 8.33. The van der Waals surface area contributed by atoms with Gasteiger partial charge in [-0.25, -0.2) is 4.79 Å². The van der Waals surface area contributed by atoms with Crippen molar-refractivity contribution in [3.8, 4) is 0 Å². The molecule has 4 rings (SSSR count). The lowest BCUT2D eigenvalue weighted by Crippen LogP contribution is -2.61. The fourth-order valence-corrected chi connectivity index (χ4v) is 7.29. The van der Waals surface area contributed by atoms with Gasteiger partial charge in [0.2, 0.25) is 5.91 Å². The van der Waals surface area contributed by atoms with Gasteiger partial charge < -0.3 is 19.8 Å². The maximum Gasteiger partial charge on any atom is 0.416 e. The van der Waals surface area contributed by atoms with Crippen LogP contribution in [-0.4, -0.2) is 59.0 Å². The number of aliphatic hydroxyl groups is 2. The van der Waals surface area contributed by atoms with Crippen LogP contribution in [0.1, 0.15) is 70.8 Å². The normalized spacial score (nSPS) is 33.8. The van der Waals surface area contributed by atoms with Gasteiger partial charge in [0.1, 0.15) is 6.10 Å². The third kappa shape index (κ3) is 5.66. The fourth-order valence-electron chi connectivity index (χ4n) is 7.29. The minimum absolute atomic E-state index is 0.0340. The fraction of sp³-hybridized carbons (Fsp3) is 0.714. The van der Waals surface area contributed by atoms with Crippen molar-refractivity contribution in [2.45, 2.75) is 83.6 Å². The number of carbonyl (C=O) groups excluding carboxylic acids is 2. The molecule has 38 heavy (non-hydrogen) atoms. The van der Waals surface area contributed by atoms with Crippen molar-refractivity contribution >= 4 is 17.7 Å². The number of alkyl halides is 3. The van der Waals surface area contributed by atoms with Gasteiger partial charge in [0, 0.05) is 30.6 Å². The van der Waals surface area contributed by atoms with Crippen LogP contribution in [0.5, 0.6) is 0 Å². The van der Waals surface area contributed by atoms with E-state index in [1.54, 1.807) is 0 Å². The van der Waals surface area contributed by atoms with E-state index < -0.39 is 40.9 Å². The van der Waals surface area contributed by atoms with Crippen molar-refractivity contribution in [1.29, 1.82) is 0 Å². The van der Waals surface area contributed by atoms with Crippen LogP contribution in [0.15, 0.2) is 24.3 Å². The minimum Gasteiger partial charge on any atom is -0.445 e. The average molecular weight is 541 g/mol. The number of benzene rings is 1. The molecule has 2 amide bonds. The average Bonchev–Trinajstić information content (AvgIpc) is 2.88. The number of hydrogen-bond donors (Lipinski definition) is 3. The molecule has 2 saturated carbocycles. The van der Waals surface area contributed by atoms with Gasteiger partial charge >= 0.3 is 12.3 Å². The maximum absolute atomic E-state index is 13.1. The van der Waals surface area contributed by atoms with E-state index in [-0.39, 0.29) is 36.5 Å². The first-order valence-electron chi connectivity index (χ1n) is 13.6. The van der Waals surface area contributed by atoms with E-state index in [0.29, 0.717) is 25.7 Å². The van der Waals surface area contributed by atoms with Gasteiger partial charge in [0.25, 0.3) is 0 Å². The summed E-state index contributed by atoms with van der Waals surface area (Å²) in [6.07, 6.45) is -1.30. The Labute approximate surface area is 221 Å². The lowest BCUT2D eigenvalue weighted by Gasteiger charge is -2.60. The molecule has 0 radical (unpaired) electrons. The summed E-state index contributed by atoms with van der Waals surface area (Å²) in [4.78, 5) is 27.8. The summed E-state index contributed by atoms with van der Waals surface area (Å²) in [5.74, 6) is -0.343. The highest BCUT2D eigenvalue weighted by atomic mass is 19.4. The number of aliphatic hydroxyl groups excluding tert-OH is 2. The molecule has 6 unspecified atom stereocenters. The summed E-state index contributed by atoms with van der Waals surface area (Å²) in [6.45, 7) is 5.15. The smallest absolute Gasteiger partial charge is 0.416 e. The molecule has 1 heterocycles. The standard InChI is InChI=1S/C28H39F3N2O5/c1-26-12-11-23(38-25(37)32-19-8-6-7-18(15-19)28(29,30)31)27(2,17-34)22(26)10-9-21(35)20(26)16-24(36)33-13-4-3-5-14-33/h6-8,15,20-23,34-35H,3-5,9-14,16-17H2,1-2H3,(H,32,37). The number of amides is 2. The highest BCUT2D eigenvalue weighted by Gasteiger charge is 2.60. The monoisotopic (exact) mass is 540 g/mol. The Balaban J connectivity index is 1.48. The van der Waals surface area contributed by atoms with E-state index in [2.05, 4.69) is 12.2 Å². The van der Waals surface area contributed by atoms with Gasteiger partial charge in [0.05, 0.1) is 18.3 Å². The second-order valence-electron chi connectivity index (χ2n) is 11.8. The first kappa shape index (κ1) is 28.7. The van der Waals surface area contributed by atoms with Gasteiger partial charge in [0.15, 0.2) is 0 Å². The van der Waals surface area contributed by atoms with Gasteiger partial charge in [-0.15, -0.1) is 0 Å². The van der Waals surface area contributed by atoms with E-state index in [4.69, 9.17) is 4.74 Å². The first-order chi connectivity index (χ1) is 17.9. The van der Waals surface area contributed by atoms with Gasteiger partial charge in [-0.2, -0.15) is 13.2 Å². The summed E-state index contributed by atoms with van der Waals surface area (Å²) >= 11 is 0. The molecule has 3 fully saturated rings. The highest BCUT2D eigenvalue weighted by molar-refractivity contribution is 5.84. The summed E-state index contributed by atoms with van der Waals surface area (Å²) in [6, 6.07) is 4.33. The van der Waals surface area contributed by atoms with Crippen molar-refractivity contribution in [3.05, 3.63) is 29.8 Å². The number of fused-ring (bicyclic) bond motifs is 1. The Morgan fingerprint density at radius 1 is 1.13 bits per heavy atom. The minimum atomic E-state index is -4.54. The van der Waals surface area contributed by atoms with E-state index >= 15 is 0 Å². The third-order valence-corrected chi connectivity index (χ3v) is 9.47. The van der Waals surface area contributed by atoms with Gasteiger partial charge in [-0.1, -0.05) is 19.9 Å². The van der Waals surface area contributed by atoms with E-state index in [1.807, 2.05) is 11.8 Å². The Bertz CT molecular complexity index is 1010. The van der Waals surface area contributed by atoms with E-state index in [0.717, 1.165) is 44.5 Å². The second kappa shape index (κ2) is 11.0. The molecule has 3 N–H and O–H groups in total. The lowest BCUT2D eigenvalue weighted by molar-refractivity contribution is -0.186. The molecule has 212 valence electrons. The zero-order valence-electron chi connectivity index (χ0n) is 22.1. The summed E-state index contributed by atoms with van der Waals surface area (Å²) in [5, 5.41) is 24.0. The van der Waals surface area contributed by atoms with Crippen LogP contribution in [0.4, 0.5) is 23.7 Å². The van der Waals surface area contributed by atoms with Gasteiger partial charge in [-0.3, -0.25) is 10.1 Å². The van der Waals surface area contributed by atoms with Crippen LogP contribution in [0, 0.1) is 22.7 Å². The van der Waals surface area contributed by atoms with Crippen LogP contribution in [-0.2, 0) is 15.7 Å². The second-order valence-corrected chi connectivity index (χ2v) is 11.8. The Hall–Kier alpha value is -2.33. The van der Waals surface area contributed by atoms with Crippen LogP contribution < -0.4 is 5.32 Å². The highest BCUT2D eigenvalue weighted by Crippen LogP contribution is 2.61. The zero-order chi connectivity index (χ0) is 27.7. The largest absolute Gasteiger partial charge is 0.445 e. The number of hydrogen-bond acceptors (Lipinski definition) is 5. The maximum atomic E-state index is 13.1. The Morgan fingerprint density at radius 3 is 2.50 bits per heavy atom. The van der Waals surface area contributed by atoms with Gasteiger partial charge in [-0.05, 0) is 80.4 Å². The van der Waals surface area contributed by atoms with Crippen molar-refractivity contribution in [2.24, 2.45) is 22.7 Å². The number of ether oxygens (including phenoxy) is 1. The molecule has 0 spiro atoms. The molecular weight excluding hydrogens is 501 g/mol. The number of carbonyl (C=O) groups is 2. The molecule has 7 nitrogen and oxygen atoms in total. The Morgan fingerprint density at radius 2 is 1.84 bits per heavy atom. The molecule has 0 bridgehead atoms. The van der Waals surface area contributed by atoms with Crippen LogP contribution >= 0.6 is 0 Å². The van der Waals surface area contributed by atoms with Crippen LogP contribution in [0.2, 0.25) is 0 Å². The number of anilines is 1. The predicted octanol–water partition coefficient (Wildman–Crippen LogP) is 5.21. The molecule has 1 saturated heterocycles. The topological polar surface area (TPSA) is 99.1 Å². The van der Waals surface area contributed by atoms with Crippen LogP contribution in [0.25, 0.3) is 0 Å². The van der Waals surface area contributed by atoms with Crippen molar-refractivity contribution < 1.29 is 37.7 Å². The first-order valence-corrected chi connectivity index (χ1v) is 13.6. The summed E-state index contributed by atoms with van der Waals surface area (Å²) in [7, 11) is 0. The van der Waals surface area contributed by atoms with E-state index in [9.17, 15) is 33.0 Å². The molecule has 10 heteroatoms. The predicted molar refractivity (Wildman–Crippen MR) is 135 cm³/mol. The summed E-state index contributed by atoms with van der Waals surface area (Å²) < 4.78 is 44.9. The summed E-state index contributed by atoms with van der Waals surface area (Å²) in [5.41, 5.74) is -2.20. The number of likely N-dealkylation sites (tertiary alicyclic amines) is 1. The van der Waals surface area contributed by atoms with E-state index in [1.165, 1.54) is 12.1 Å². The molecule has 2 aliphatic carbocycles. The van der Waals surface area contributed by atoms with Crippen molar-refractivity contribution in [3.63, 3.8) is 0 Å².